The average Bonchev–Trinajstić information content (AvgIpc) is 3.40. The van der Waals surface area contributed by atoms with Crippen molar-refractivity contribution >= 4 is 11.6 Å². The topological polar surface area (TPSA) is 81.3 Å². The first-order valence-electron chi connectivity index (χ1n) is 8.84. The van der Waals surface area contributed by atoms with Crippen molar-refractivity contribution in [1.82, 2.24) is 14.7 Å². The second-order valence-electron chi connectivity index (χ2n) is 7.13. The van der Waals surface area contributed by atoms with E-state index in [1.54, 1.807) is 18.5 Å². The molecule has 1 atom stereocenters. The third kappa shape index (κ3) is 3.47. The van der Waals surface area contributed by atoms with Gasteiger partial charge in [-0.1, -0.05) is 12.1 Å². The Bertz CT molecular complexity index is 837. The molecule has 1 aliphatic rings. The highest BCUT2D eigenvalue weighted by molar-refractivity contribution is 5.94. The van der Waals surface area contributed by atoms with Crippen LogP contribution < -0.4 is 0 Å². The molecule has 3 rings (SSSR count). The summed E-state index contributed by atoms with van der Waals surface area (Å²) in [5.41, 5.74) is 2.61. The number of amides is 1. The highest BCUT2D eigenvalue weighted by Crippen LogP contribution is 2.35. The fraction of sp³-hybridized carbons (Fsp3) is 0.474. The molecule has 0 aliphatic heterocycles. The molecular formula is C19H24N4O3. The number of rotatable bonds is 6. The Morgan fingerprint density at radius 2 is 1.96 bits per heavy atom. The lowest BCUT2D eigenvalue weighted by Crippen LogP contribution is -2.36. The molecule has 1 amide bonds. The summed E-state index contributed by atoms with van der Waals surface area (Å²) in [5.74, 6) is 0.655. The van der Waals surface area contributed by atoms with Crippen LogP contribution in [0.2, 0.25) is 0 Å². The first-order valence-corrected chi connectivity index (χ1v) is 8.84. The number of aryl methyl sites for hydroxylation is 1. The highest BCUT2D eigenvalue weighted by atomic mass is 16.6. The number of carbonyl (C=O) groups is 1. The van der Waals surface area contributed by atoms with Crippen molar-refractivity contribution in [2.45, 2.75) is 46.2 Å². The smallest absolute Gasteiger partial charge is 0.312 e. The molecule has 26 heavy (non-hydrogen) atoms. The van der Waals surface area contributed by atoms with E-state index in [4.69, 9.17) is 0 Å². The lowest BCUT2D eigenvalue weighted by molar-refractivity contribution is -0.386. The van der Waals surface area contributed by atoms with Crippen LogP contribution in [0.3, 0.4) is 0 Å². The molecule has 7 heteroatoms. The largest absolute Gasteiger partial charge is 0.339 e. The maximum atomic E-state index is 12.6. The normalized spacial score (nSPS) is 14.9. The van der Waals surface area contributed by atoms with Crippen LogP contribution in [0.25, 0.3) is 0 Å². The molecule has 1 aliphatic carbocycles. The average molecular weight is 356 g/mol. The molecule has 2 aromatic rings. The van der Waals surface area contributed by atoms with E-state index in [-0.39, 0.29) is 17.6 Å². The van der Waals surface area contributed by atoms with E-state index in [1.807, 2.05) is 36.2 Å². The van der Waals surface area contributed by atoms with Gasteiger partial charge in [0.1, 0.15) is 11.4 Å². The van der Waals surface area contributed by atoms with Gasteiger partial charge in [0.05, 0.1) is 11.5 Å². The molecule has 1 aromatic heterocycles. The van der Waals surface area contributed by atoms with Gasteiger partial charge in [0, 0.05) is 18.7 Å². The number of nitro groups is 1. The molecule has 0 spiro atoms. The summed E-state index contributed by atoms with van der Waals surface area (Å²) >= 11 is 0. The fourth-order valence-electron chi connectivity index (χ4n) is 3.31. The number of hydrogen-bond acceptors (Lipinski definition) is 4. The quantitative estimate of drug-likeness (QED) is 0.587. The third-order valence-corrected chi connectivity index (χ3v) is 5.29. The van der Waals surface area contributed by atoms with Crippen molar-refractivity contribution in [2.75, 3.05) is 7.05 Å². The van der Waals surface area contributed by atoms with Crippen molar-refractivity contribution in [2.24, 2.45) is 5.92 Å². The summed E-state index contributed by atoms with van der Waals surface area (Å²) in [5, 5.41) is 15.4. The van der Waals surface area contributed by atoms with Crippen LogP contribution in [0.5, 0.6) is 0 Å². The predicted octanol–water partition coefficient (Wildman–Crippen LogP) is 3.33. The fourth-order valence-corrected chi connectivity index (χ4v) is 3.31. The zero-order chi connectivity index (χ0) is 19.0. The van der Waals surface area contributed by atoms with Crippen LogP contribution in [0.15, 0.2) is 24.3 Å². The number of nitrogens with zero attached hydrogens (tertiary/aromatic N) is 4. The van der Waals surface area contributed by atoms with Crippen molar-refractivity contribution in [3.05, 3.63) is 56.9 Å². The summed E-state index contributed by atoms with van der Waals surface area (Å²) in [6.45, 7) is 5.87. The van der Waals surface area contributed by atoms with Crippen LogP contribution in [0.4, 0.5) is 5.69 Å². The summed E-state index contributed by atoms with van der Waals surface area (Å²) in [4.78, 5) is 25.1. The molecule has 1 saturated carbocycles. The SMILES string of the molecule is Cc1nn(Cc2ccc(C(=O)N(C)C(C)C3CC3)cc2)c(C)c1[N+](=O)[O-]. The molecule has 0 N–H and O–H groups in total. The summed E-state index contributed by atoms with van der Waals surface area (Å²) < 4.78 is 1.63. The minimum absolute atomic E-state index is 0.0257. The monoisotopic (exact) mass is 356 g/mol. The van der Waals surface area contributed by atoms with Gasteiger partial charge in [0.25, 0.3) is 5.91 Å². The second-order valence-corrected chi connectivity index (χ2v) is 7.13. The van der Waals surface area contributed by atoms with Crippen molar-refractivity contribution < 1.29 is 9.72 Å². The van der Waals surface area contributed by atoms with E-state index < -0.39 is 4.92 Å². The Hall–Kier alpha value is -2.70. The second kappa shape index (κ2) is 6.90. The Morgan fingerprint density at radius 1 is 1.35 bits per heavy atom. The molecule has 0 saturated heterocycles. The van der Waals surface area contributed by atoms with E-state index in [1.165, 1.54) is 12.8 Å². The minimum Gasteiger partial charge on any atom is -0.339 e. The highest BCUT2D eigenvalue weighted by Gasteiger charge is 2.32. The predicted molar refractivity (Wildman–Crippen MR) is 98.2 cm³/mol. The number of aromatic nitrogens is 2. The van der Waals surface area contributed by atoms with Gasteiger partial charge in [-0.3, -0.25) is 19.6 Å². The minimum atomic E-state index is -0.396. The van der Waals surface area contributed by atoms with E-state index in [9.17, 15) is 14.9 Å². The van der Waals surface area contributed by atoms with Gasteiger partial charge < -0.3 is 4.90 Å². The lowest BCUT2D eigenvalue weighted by atomic mass is 10.1. The van der Waals surface area contributed by atoms with Gasteiger partial charge in [-0.2, -0.15) is 5.10 Å². The first-order chi connectivity index (χ1) is 12.3. The standard InChI is InChI=1S/C19H24N4O3/c1-12-18(23(25)26)14(3)22(20-12)11-15-5-7-17(8-6-15)19(24)21(4)13(2)16-9-10-16/h5-8,13,16H,9-11H2,1-4H3. The van der Waals surface area contributed by atoms with E-state index >= 15 is 0 Å². The molecule has 0 radical (unpaired) electrons. The Morgan fingerprint density at radius 3 is 2.46 bits per heavy atom. The Labute approximate surface area is 152 Å². The van der Waals surface area contributed by atoms with E-state index in [2.05, 4.69) is 12.0 Å². The van der Waals surface area contributed by atoms with Crippen molar-refractivity contribution in [3.8, 4) is 0 Å². The third-order valence-electron chi connectivity index (χ3n) is 5.29. The summed E-state index contributed by atoms with van der Waals surface area (Å²) in [6.07, 6.45) is 2.40. The first kappa shape index (κ1) is 18.1. The van der Waals surface area contributed by atoms with Gasteiger partial charge in [0.2, 0.25) is 0 Å². The molecule has 1 heterocycles. The summed E-state index contributed by atoms with van der Waals surface area (Å²) in [7, 11) is 1.86. The van der Waals surface area contributed by atoms with Crippen LogP contribution in [-0.4, -0.2) is 38.6 Å². The zero-order valence-corrected chi connectivity index (χ0v) is 15.6. The van der Waals surface area contributed by atoms with Crippen LogP contribution in [0, 0.1) is 29.9 Å². The molecular weight excluding hydrogens is 332 g/mol. The van der Waals surface area contributed by atoms with Gasteiger partial charge >= 0.3 is 5.69 Å². The maximum absolute atomic E-state index is 12.6. The molecule has 0 bridgehead atoms. The summed E-state index contributed by atoms with van der Waals surface area (Å²) in [6, 6.07) is 7.65. The van der Waals surface area contributed by atoms with Crippen LogP contribution in [-0.2, 0) is 6.54 Å². The Balaban J connectivity index is 1.73. The van der Waals surface area contributed by atoms with Crippen LogP contribution >= 0.6 is 0 Å². The number of benzene rings is 1. The lowest BCUT2D eigenvalue weighted by Gasteiger charge is -2.25. The van der Waals surface area contributed by atoms with E-state index in [0.717, 1.165) is 5.56 Å². The maximum Gasteiger partial charge on any atom is 0.312 e. The zero-order valence-electron chi connectivity index (χ0n) is 15.6. The number of carbonyl (C=O) groups excluding carboxylic acids is 1. The molecule has 1 fully saturated rings. The van der Waals surface area contributed by atoms with Gasteiger partial charge in [0.15, 0.2) is 0 Å². The van der Waals surface area contributed by atoms with Crippen LogP contribution in [0.1, 0.15) is 47.1 Å². The van der Waals surface area contributed by atoms with Gasteiger partial charge in [-0.15, -0.1) is 0 Å². The molecule has 7 nitrogen and oxygen atoms in total. The van der Waals surface area contributed by atoms with Gasteiger partial charge in [-0.05, 0) is 57.2 Å². The van der Waals surface area contributed by atoms with Crippen molar-refractivity contribution in [3.63, 3.8) is 0 Å². The van der Waals surface area contributed by atoms with Crippen molar-refractivity contribution in [1.29, 1.82) is 0 Å². The van der Waals surface area contributed by atoms with E-state index in [0.29, 0.717) is 29.4 Å². The molecule has 1 aromatic carbocycles. The molecule has 1 unspecified atom stereocenters. The number of hydrogen-bond donors (Lipinski definition) is 0. The Kier molecular flexibility index (Phi) is 4.80. The molecule has 138 valence electrons. The van der Waals surface area contributed by atoms with Gasteiger partial charge in [-0.25, -0.2) is 0 Å².